The van der Waals surface area contributed by atoms with Crippen LogP contribution in [0.1, 0.15) is 33.9 Å². The number of benzene rings is 4. The van der Waals surface area contributed by atoms with Gasteiger partial charge >= 0.3 is 0 Å². The van der Waals surface area contributed by atoms with Crippen molar-refractivity contribution < 1.29 is 9.53 Å². The van der Waals surface area contributed by atoms with Crippen molar-refractivity contribution in [3.8, 4) is 5.75 Å². The topological polar surface area (TPSA) is 41.9 Å². The quantitative estimate of drug-likeness (QED) is 0.317. The molecule has 1 aliphatic heterocycles. The summed E-state index contributed by atoms with van der Waals surface area (Å²) in [6.07, 6.45) is 0.558. The third-order valence-electron chi connectivity index (χ3n) is 6.01. The lowest BCUT2D eigenvalue weighted by Gasteiger charge is -2.32. The second-order valence-electron chi connectivity index (χ2n) is 8.09. The number of rotatable bonds is 4. The Morgan fingerprint density at radius 3 is 2.26 bits per heavy atom. The van der Waals surface area contributed by atoms with Crippen molar-refractivity contribution in [1.82, 2.24) is 0 Å². The monoisotopic (exact) mass is 466 g/mol. The molecule has 0 spiro atoms. The molecule has 0 saturated heterocycles. The lowest BCUT2D eigenvalue weighted by atomic mass is 9.95. The molecule has 0 aromatic heterocycles. The first kappa shape index (κ1) is 21.9. The smallest absolute Gasteiger partial charge is 0.258 e. The number of halogens is 1. The van der Waals surface area contributed by atoms with Gasteiger partial charge < -0.3 is 4.74 Å². The van der Waals surface area contributed by atoms with Gasteiger partial charge in [0.05, 0.1) is 30.2 Å². The van der Waals surface area contributed by atoms with Crippen molar-refractivity contribution in [2.75, 3.05) is 12.0 Å². The highest BCUT2D eigenvalue weighted by Gasteiger charge is 2.33. The zero-order valence-electron chi connectivity index (χ0n) is 18.7. The number of hydrogen-bond acceptors (Lipinski definition) is 3. The molecule has 0 bridgehead atoms. The standard InChI is InChI=1S/C29H23ClN2O2/c1-34-24-17-13-22(14-18-24)29(33)32-27-10-6-5-9-25(27)31-26(20-11-15-23(30)16-12-20)19-28(32)21-7-3-2-4-8-21/h2-18,28H,19H2,1H3. The van der Waals surface area contributed by atoms with Crippen molar-refractivity contribution in [2.24, 2.45) is 4.99 Å². The summed E-state index contributed by atoms with van der Waals surface area (Å²) in [6.45, 7) is 0. The highest BCUT2D eigenvalue weighted by atomic mass is 35.5. The summed E-state index contributed by atoms with van der Waals surface area (Å²) in [4.78, 5) is 20.9. The normalized spacial score (nSPS) is 15.2. The Kier molecular flexibility index (Phi) is 6.15. The molecule has 168 valence electrons. The molecule has 4 aromatic carbocycles. The minimum Gasteiger partial charge on any atom is -0.497 e. The molecule has 1 atom stereocenters. The summed E-state index contributed by atoms with van der Waals surface area (Å²) >= 11 is 6.14. The Hall–Kier alpha value is -3.89. The van der Waals surface area contributed by atoms with Gasteiger partial charge in [0, 0.05) is 17.0 Å². The van der Waals surface area contributed by atoms with Crippen LogP contribution in [0.25, 0.3) is 0 Å². The van der Waals surface area contributed by atoms with Gasteiger partial charge in [-0.1, -0.05) is 66.2 Å². The molecule has 4 nitrogen and oxygen atoms in total. The van der Waals surface area contributed by atoms with E-state index in [4.69, 9.17) is 21.3 Å². The summed E-state index contributed by atoms with van der Waals surface area (Å²) in [5.41, 5.74) is 5.06. The van der Waals surface area contributed by atoms with E-state index in [1.807, 2.05) is 83.8 Å². The van der Waals surface area contributed by atoms with Crippen LogP contribution in [0.3, 0.4) is 0 Å². The molecule has 1 aliphatic rings. The maximum atomic E-state index is 14.0. The SMILES string of the molecule is COc1ccc(C(=O)N2c3ccccc3N=C(c3ccc(Cl)cc3)CC2c2ccccc2)cc1. The number of anilines is 1. The molecule has 34 heavy (non-hydrogen) atoms. The molecule has 4 aromatic rings. The fraction of sp³-hybridized carbons (Fsp3) is 0.103. The number of ether oxygens (including phenoxy) is 1. The van der Waals surface area contributed by atoms with E-state index in [0.717, 1.165) is 28.2 Å². The average Bonchev–Trinajstić information content (AvgIpc) is 3.06. The molecule has 0 aliphatic carbocycles. The molecule has 0 N–H and O–H groups in total. The number of methoxy groups -OCH3 is 1. The Labute approximate surface area is 204 Å². The van der Waals surface area contributed by atoms with Gasteiger partial charge in [0.15, 0.2) is 0 Å². The van der Waals surface area contributed by atoms with Crippen molar-refractivity contribution in [3.63, 3.8) is 0 Å². The van der Waals surface area contributed by atoms with Gasteiger partial charge in [0.25, 0.3) is 5.91 Å². The van der Waals surface area contributed by atoms with Crippen LogP contribution in [-0.2, 0) is 0 Å². The zero-order valence-corrected chi connectivity index (χ0v) is 19.4. The lowest BCUT2D eigenvalue weighted by molar-refractivity contribution is 0.0977. The molecule has 5 rings (SSSR count). The van der Waals surface area contributed by atoms with E-state index < -0.39 is 0 Å². The van der Waals surface area contributed by atoms with Gasteiger partial charge in [-0.3, -0.25) is 14.7 Å². The molecule has 1 heterocycles. The van der Waals surface area contributed by atoms with Crippen molar-refractivity contribution in [2.45, 2.75) is 12.5 Å². The van der Waals surface area contributed by atoms with Crippen molar-refractivity contribution in [3.05, 3.63) is 125 Å². The minimum absolute atomic E-state index is 0.0866. The van der Waals surface area contributed by atoms with Gasteiger partial charge in [-0.25, -0.2) is 0 Å². The van der Waals surface area contributed by atoms with Crippen LogP contribution in [0.5, 0.6) is 5.75 Å². The Balaban J connectivity index is 1.66. The summed E-state index contributed by atoms with van der Waals surface area (Å²) < 4.78 is 5.28. The first-order valence-corrected chi connectivity index (χ1v) is 11.5. The second kappa shape index (κ2) is 9.54. The maximum Gasteiger partial charge on any atom is 0.258 e. The third-order valence-corrected chi connectivity index (χ3v) is 6.26. The lowest BCUT2D eigenvalue weighted by Crippen LogP contribution is -2.35. The van der Waals surface area contributed by atoms with E-state index in [2.05, 4.69) is 12.1 Å². The molecule has 0 radical (unpaired) electrons. The van der Waals surface area contributed by atoms with Crippen LogP contribution in [0.2, 0.25) is 5.02 Å². The van der Waals surface area contributed by atoms with Crippen LogP contribution in [-0.4, -0.2) is 18.7 Å². The number of para-hydroxylation sites is 2. The number of hydrogen-bond donors (Lipinski definition) is 0. The van der Waals surface area contributed by atoms with Crippen molar-refractivity contribution in [1.29, 1.82) is 0 Å². The number of fused-ring (bicyclic) bond motifs is 1. The maximum absolute atomic E-state index is 14.0. The predicted molar refractivity (Wildman–Crippen MR) is 138 cm³/mol. The number of carbonyl (C=O) groups is 1. The Bertz CT molecular complexity index is 1330. The minimum atomic E-state index is -0.242. The molecular weight excluding hydrogens is 444 g/mol. The molecule has 0 fully saturated rings. The summed E-state index contributed by atoms with van der Waals surface area (Å²) in [5.74, 6) is 0.622. The molecule has 1 unspecified atom stereocenters. The van der Waals surface area contributed by atoms with Crippen LogP contribution >= 0.6 is 11.6 Å². The van der Waals surface area contributed by atoms with Crippen LogP contribution in [0, 0.1) is 0 Å². The van der Waals surface area contributed by atoms with E-state index in [1.165, 1.54) is 0 Å². The summed E-state index contributed by atoms with van der Waals surface area (Å²) in [7, 11) is 1.61. The molecule has 0 saturated carbocycles. The van der Waals surface area contributed by atoms with E-state index in [0.29, 0.717) is 22.8 Å². The third kappa shape index (κ3) is 4.33. The fourth-order valence-corrected chi connectivity index (χ4v) is 4.41. The van der Waals surface area contributed by atoms with E-state index >= 15 is 0 Å². The number of nitrogens with zero attached hydrogens (tertiary/aromatic N) is 2. The van der Waals surface area contributed by atoms with E-state index in [9.17, 15) is 4.79 Å². The fourth-order valence-electron chi connectivity index (χ4n) is 4.29. The van der Waals surface area contributed by atoms with Gasteiger partial charge in [-0.05, 0) is 59.7 Å². The first-order valence-electron chi connectivity index (χ1n) is 11.1. The van der Waals surface area contributed by atoms with Gasteiger partial charge in [0.2, 0.25) is 0 Å². The zero-order chi connectivity index (χ0) is 23.5. The molecule has 5 heteroatoms. The van der Waals surface area contributed by atoms with E-state index in [-0.39, 0.29) is 11.9 Å². The highest BCUT2D eigenvalue weighted by molar-refractivity contribution is 6.30. The molecular formula is C29H23ClN2O2. The van der Waals surface area contributed by atoms with E-state index in [1.54, 1.807) is 19.2 Å². The number of carbonyl (C=O) groups excluding carboxylic acids is 1. The average molecular weight is 467 g/mol. The van der Waals surface area contributed by atoms with Crippen LogP contribution < -0.4 is 9.64 Å². The van der Waals surface area contributed by atoms with Gasteiger partial charge in [-0.15, -0.1) is 0 Å². The van der Waals surface area contributed by atoms with Crippen molar-refractivity contribution >= 4 is 34.6 Å². The second-order valence-corrected chi connectivity index (χ2v) is 8.52. The predicted octanol–water partition coefficient (Wildman–Crippen LogP) is 7.26. The van der Waals surface area contributed by atoms with Crippen LogP contribution in [0.4, 0.5) is 11.4 Å². The van der Waals surface area contributed by atoms with Crippen LogP contribution in [0.15, 0.2) is 108 Å². The Morgan fingerprint density at radius 2 is 1.56 bits per heavy atom. The highest BCUT2D eigenvalue weighted by Crippen LogP contribution is 2.41. The first-order chi connectivity index (χ1) is 16.6. The Morgan fingerprint density at radius 1 is 0.882 bits per heavy atom. The summed E-state index contributed by atoms with van der Waals surface area (Å²) in [6, 6.07) is 32.6. The number of aliphatic imine (C=N–C) groups is 1. The van der Waals surface area contributed by atoms with Gasteiger partial charge in [0.1, 0.15) is 5.75 Å². The molecule has 1 amide bonds. The number of amides is 1. The summed E-state index contributed by atoms with van der Waals surface area (Å²) in [5, 5.41) is 0.675. The van der Waals surface area contributed by atoms with Gasteiger partial charge in [-0.2, -0.15) is 0 Å². The largest absolute Gasteiger partial charge is 0.497 e.